The lowest BCUT2D eigenvalue weighted by molar-refractivity contribution is 0.545. The highest BCUT2D eigenvalue weighted by Gasteiger charge is 2.13. The number of imidazole rings is 1. The number of aromatic nitrogens is 2. The van der Waals surface area contributed by atoms with Crippen LogP contribution in [0.4, 0.5) is 4.39 Å². The molecule has 0 fully saturated rings. The minimum atomic E-state index is -0.207. The predicted octanol–water partition coefficient (Wildman–Crippen LogP) is 3.30. The minimum Gasteiger partial charge on any atom is -0.325 e. The van der Waals surface area contributed by atoms with E-state index in [2.05, 4.69) is 42.6 Å². The van der Waals surface area contributed by atoms with E-state index >= 15 is 0 Å². The molecular formula is C15H22FN3. The molecule has 0 radical (unpaired) electrons. The summed E-state index contributed by atoms with van der Waals surface area (Å²) in [5.41, 5.74) is 1.75. The molecule has 19 heavy (non-hydrogen) atoms. The normalized spacial score (nSPS) is 11.9. The lowest BCUT2D eigenvalue weighted by atomic mass is 10.2. The third-order valence-electron chi connectivity index (χ3n) is 3.14. The average Bonchev–Trinajstić information content (AvgIpc) is 2.65. The van der Waals surface area contributed by atoms with Crippen LogP contribution in [0.15, 0.2) is 18.2 Å². The molecule has 0 saturated heterocycles. The first kappa shape index (κ1) is 14.0. The summed E-state index contributed by atoms with van der Waals surface area (Å²) in [5.74, 6) is 0.810. The Kier molecular flexibility index (Phi) is 4.20. The summed E-state index contributed by atoms with van der Waals surface area (Å²) in [6.45, 7) is 9.34. The number of hydrogen-bond acceptors (Lipinski definition) is 2. The van der Waals surface area contributed by atoms with E-state index in [0.29, 0.717) is 6.04 Å². The Hall–Kier alpha value is -1.42. The summed E-state index contributed by atoms with van der Waals surface area (Å²) in [7, 11) is 0. The van der Waals surface area contributed by atoms with E-state index in [-0.39, 0.29) is 11.9 Å². The Morgan fingerprint density at radius 2 is 2.00 bits per heavy atom. The number of nitrogens with zero attached hydrogens (tertiary/aromatic N) is 2. The van der Waals surface area contributed by atoms with Crippen molar-refractivity contribution >= 4 is 11.0 Å². The molecule has 4 heteroatoms. The van der Waals surface area contributed by atoms with Crippen molar-refractivity contribution in [3.8, 4) is 0 Å². The highest BCUT2D eigenvalue weighted by Crippen LogP contribution is 2.22. The van der Waals surface area contributed by atoms with Crippen molar-refractivity contribution in [1.82, 2.24) is 14.9 Å². The zero-order valence-electron chi connectivity index (χ0n) is 12.1. The molecule has 0 aliphatic heterocycles. The van der Waals surface area contributed by atoms with Crippen molar-refractivity contribution in [2.75, 3.05) is 6.54 Å². The molecule has 1 aromatic carbocycles. The third kappa shape index (κ3) is 3.13. The first-order valence-corrected chi connectivity index (χ1v) is 6.88. The molecule has 104 valence electrons. The van der Waals surface area contributed by atoms with Crippen molar-refractivity contribution in [3.63, 3.8) is 0 Å². The Balaban J connectivity index is 2.34. The molecule has 2 rings (SSSR count). The van der Waals surface area contributed by atoms with Crippen LogP contribution in [-0.2, 0) is 6.42 Å². The van der Waals surface area contributed by atoms with Crippen molar-refractivity contribution in [3.05, 3.63) is 29.8 Å². The summed E-state index contributed by atoms with van der Waals surface area (Å²) in [6.07, 6.45) is 0.854. The zero-order chi connectivity index (χ0) is 14.0. The van der Waals surface area contributed by atoms with Gasteiger partial charge in [0.25, 0.3) is 0 Å². The highest BCUT2D eigenvalue weighted by molar-refractivity contribution is 5.76. The van der Waals surface area contributed by atoms with E-state index < -0.39 is 0 Å². The van der Waals surface area contributed by atoms with Gasteiger partial charge in [-0.2, -0.15) is 0 Å². The second-order valence-corrected chi connectivity index (χ2v) is 5.48. The summed E-state index contributed by atoms with van der Waals surface area (Å²) in [6, 6.07) is 5.54. The Labute approximate surface area is 113 Å². The first-order valence-electron chi connectivity index (χ1n) is 6.88. The number of fused-ring (bicyclic) bond motifs is 1. The molecule has 0 amide bonds. The second kappa shape index (κ2) is 5.70. The van der Waals surface area contributed by atoms with Gasteiger partial charge in [-0.25, -0.2) is 9.37 Å². The number of nitrogens with one attached hydrogen (secondary N) is 1. The van der Waals surface area contributed by atoms with Crippen LogP contribution in [0, 0.1) is 5.82 Å². The zero-order valence-corrected chi connectivity index (χ0v) is 12.1. The van der Waals surface area contributed by atoms with Gasteiger partial charge in [0.15, 0.2) is 0 Å². The van der Waals surface area contributed by atoms with Gasteiger partial charge in [0.05, 0.1) is 11.0 Å². The van der Waals surface area contributed by atoms with Crippen molar-refractivity contribution in [2.45, 2.75) is 46.2 Å². The van der Waals surface area contributed by atoms with Crippen LogP contribution < -0.4 is 5.32 Å². The van der Waals surface area contributed by atoms with Crippen LogP contribution in [0.5, 0.6) is 0 Å². The second-order valence-electron chi connectivity index (χ2n) is 5.48. The maximum absolute atomic E-state index is 13.4. The quantitative estimate of drug-likeness (QED) is 0.897. The molecule has 3 nitrogen and oxygen atoms in total. The number of benzene rings is 1. The van der Waals surface area contributed by atoms with Crippen LogP contribution in [0.3, 0.4) is 0 Å². The Morgan fingerprint density at radius 3 is 2.63 bits per heavy atom. The van der Waals surface area contributed by atoms with E-state index in [1.54, 1.807) is 12.1 Å². The molecule has 1 N–H and O–H groups in total. The van der Waals surface area contributed by atoms with Gasteiger partial charge in [0.2, 0.25) is 0 Å². The molecule has 0 bridgehead atoms. The fourth-order valence-electron chi connectivity index (χ4n) is 2.34. The smallest absolute Gasteiger partial charge is 0.125 e. The molecule has 0 unspecified atom stereocenters. The van der Waals surface area contributed by atoms with Crippen molar-refractivity contribution < 1.29 is 4.39 Å². The first-order chi connectivity index (χ1) is 8.99. The average molecular weight is 263 g/mol. The van der Waals surface area contributed by atoms with Gasteiger partial charge in [0, 0.05) is 25.0 Å². The van der Waals surface area contributed by atoms with E-state index in [9.17, 15) is 4.39 Å². The Morgan fingerprint density at radius 1 is 1.26 bits per heavy atom. The molecule has 1 heterocycles. The summed E-state index contributed by atoms with van der Waals surface area (Å²) in [4.78, 5) is 4.63. The minimum absolute atomic E-state index is 0.207. The van der Waals surface area contributed by atoms with Crippen LogP contribution >= 0.6 is 0 Å². The lowest BCUT2D eigenvalue weighted by Crippen LogP contribution is -2.26. The number of rotatable bonds is 5. The van der Waals surface area contributed by atoms with Gasteiger partial charge in [-0.1, -0.05) is 13.8 Å². The third-order valence-corrected chi connectivity index (χ3v) is 3.14. The summed E-state index contributed by atoms with van der Waals surface area (Å²) >= 11 is 0. The largest absolute Gasteiger partial charge is 0.325 e. The highest BCUT2D eigenvalue weighted by atomic mass is 19.1. The van der Waals surface area contributed by atoms with Gasteiger partial charge in [0.1, 0.15) is 11.6 Å². The monoisotopic (exact) mass is 263 g/mol. The molecule has 0 aliphatic rings. The fraction of sp³-hybridized carbons (Fsp3) is 0.533. The Bertz CT molecular complexity index is 558. The molecular weight excluding hydrogens is 241 g/mol. The lowest BCUT2D eigenvalue weighted by Gasteiger charge is -2.14. The van der Waals surface area contributed by atoms with Gasteiger partial charge in [-0.05, 0) is 32.0 Å². The van der Waals surface area contributed by atoms with Crippen LogP contribution in [0.1, 0.15) is 39.6 Å². The van der Waals surface area contributed by atoms with Gasteiger partial charge in [-0.3, -0.25) is 0 Å². The number of halogens is 1. The summed E-state index contributed by atoms with van der Waals surface area (Å²) < 4.78 is 15.5. The fourth-order valence-corrected chi connectivity index (χ4v) is 2.34. The number of hydrogen-bond donors (Lipinski definition) is 1. The van der Waals surface area contributed by atoms with E-state index in [4.69, 9.17) is 0 Å². The molecule has 0 aliphatic carbocycles. The maximum atomic E-state index is 13.4. The van der Waals surface area contributed by atoms with Gasteiger partial charge >= 0.3 is 0 Å². The molecule has 0 atom stereocenters. The topological polar surface area (TPSA) is 29.9 Å². The van der Waals surface area contributed by atoms with Crippen LogP contribution in [-0.4, -0.2) is 22.1 Å². The van der Waals surface area contributed by atoms with Crippen LogP contribution in [0.2, 0.25) is 0 Å². The molecule has 0 saturated carbocycles. The van der Waals surface area contributed by atoms with E-state index in [0.717, 1.165) is 29.8 Å². The summed E-state index contributed by atoms with van der Waals surface area (Å²) in [5, 5.41) is 3.39. The van der Waals surface area contributed by atoms with Crippen molar-refractivity contribution in [2.24, 2.45) is 0 Å². The maximum Gasteiger partial charge on any atom is 0.125 e. The standard InChI is InChI=1S/C15H22FN3/c1-10(2)17-8-7-15-18-13-6-5-12(16)9-14(13)19(15)11(3)4/h5-6,9-11,17H,7-8H2,1-4H3. The van der Waals surface area contributed by atoms with Crippen LogP contribution in [0.25, 0.3) is 11.0 Å². The molecule has 2 aromatic rings. The molecule has 0 spiro atoms. The van der Waals surface area contributed by atoms with Gasteiger partial charge in [-0.15, -0.1) is 0 Å². The molecule has 1 aromatic heterocycles. The predicted molar refractivity (Wildman–Crippen MR) is 76.9 cm³/mol. The van der Waals surface area contributed by atoms with Crippen molar-refractivity contribution in [1.29, 1.82) is 0 Å². The van der Waals surface area contributed by atoms with E-state index in [1.807, 2.05) is 0 Å². The van der Waals surface area contributed by atoms with Gasteiger partial charge < -0.3 is 9.88 Å². The SMILES string of the molecule is CC(C)NCCc1nc2ccc(F)cc2n1C(C)C. The van der Waals surface area contributed by atoms with E-state index in [1.165, 1.54) is 6.07 Å².